The number of halogens is 1. The van der Waals surface area contributed by atoms with Crippen LogP contribution in [0.2, 0.25) is 0 Å². The minimum Gasteiger partial charge on any atom is -0.481 e. The summed E-state index contributed by atoms with van der Waals surface area (Å²) in [6, 6.07) is 7.59. The van der Waals surface area contributed by atoms with Gasteiger partial charge in [-0.25, -0.2) is 4.39 Å². The third-order valence-electron chi connectivity index (χ3n) is 6.15. The quantitative estimate of drug-likeness (QED) is 0.575. The summed E-state index contributed by atoms with van der Waals surface area (Å²) in [6.07, 6.45) is 5.94. The third-order valence-corrected chi connectivity index (χ3v) is 7.30. The zero-order chi connectivity index (χ0) is 24.2. The van der Waals surface area contributed by atoms with Crippen molar-refractivity contribution in [3.63, 3.8) is 0 Å². The van der Waals surface area contributed by atoms with E-state index in [1.54, 1.807) is 35.1 Å². The number of hydrogen-bond donors (Lipinski definition) is 1. The Morgan fingerprint density at radius 1 is 1.24 bits per heavy atom. The van der Waals surface area contributed by atoms with Crippen LogP contribution in [0.25, 0.3) is 6.08 Å². The fourth-order valence-electron chi connectivity index (χ4n) is 4.37. The van der Waals surface area contributed by atoms with Crippen molar-refractivity contribution < 1.29 is 23.9 Å². The summed E-state index contributed by atoms with van der Waals surface area (Å²) >= 11 is 1.26. The summed E-state index contributed by atoms with van der Waals surface area (Å²) in [7, 11) is 0. The zero-order valence-electron chi connectivity index (χ0n) is 19.0. The molecular weight excluding hydrogens is 457 g/mol. The van der Waals surface area contributed by atoms with E-state index in [0.717, 1.165) is 18.4 Å². The molecule has 2 heterocycles. The standard InChI is InChI=1S/C25H28FN3O4S/c1-16(30)34-22-9-11-28(15-18(22)14-19-8-12-29(27-19)13-10-23(31)32)24(25(33)17-6-7-17)20-4-2-3-5-21(20)26/h2-5,8,12,14,17,22,24H,6-7,9-11,13,15H2,1H3,(H,31,32)/b18-14+. The van der Waals surface area contributed by atoms with E-state index in [2.05, 4.69) is 5.10 Å². The number of aliphatic carboxylic acids is 1. The highest BCUT2D eigenvalue weighted by Gasteiger charge is 2.41. The Hall–Kier alpha value is -2.78. The van der Waals surface area contributed by atoms with Gasteiger partial charge in [-0.1, -0.05) is 30.0 Å². The summed E-state index contributed by atoms with van der Waals surface area (Å²) in [5.74, 6) is -1.24. The molecule has 2 fully saturated rings. The van der Waals surface area contributed by atoms with E-state index >= 15 is 0 Å². The van der Waals surface area contributed by atoms with Crippen molar-refractivity contribution in [1.82, 2.24) is 14.7 Å². The molecule has 7 nitrogen and oxygen atoms in total. The van der Waals surface area contributed by atoms with E-state index in [9.17, 15) is 18.8 Å². The van der Waals surface area contributed by atoms with Crippen LogP contribution in [-0.2, 0) is 20.9 Å². The number of ketones is 1. The normalized spacial score (nSPS) is 20.9. The summed E-state index contributed by atoms with van der Waals surface area (Å²) in [6.45, 7) is 2.80. The molecular formula is C25H28FN3O4S. The molecule has 2 aromatic rings. The fraction of sp³-hybridized carbons (Fsp3) is 0.440. The monoisotopic (exact) mass is 485 g/mol. The molecule has 0 spiro atoms. The maximum atomic E-state index is 14.8. The van der Waals surface area contributed by atoms with E-state index < -0.39 is 12.0 Å². The lowest BCUT2D eigenvalue weighted by Crippen LogP contribution is -2.43. The molecule has 1 saturated carbocycles. The van der Waals surface area contributed by atoms with E-state index in [0.29, 0.717) is 30.8 Å². The van der Waals surface area contributed by atoms with E-state index in [1.165, 1.54) is 24.8 Å². The molecule has 9 heteroatoms. The first-order valence-corrected chi connectivity index (χ1v) is 12.3. The molecule has 1 N–H and O–H groups in total. The number of carbonyl (C=O) groups is 3. The molecule has 1 aliphatic carbocycles. The molecule has 34 heavy (non-hydrogen) atoms. The molecule has 0 amide bonds. The maximum Gasteiger partial charge on any atom is 0.305 e. The molecule has 0 radical (unpaired) electrons. The highest BCUT2D eigenvalue weighted by atomic mass is 32.2. The van der Waals surface area contributed by atoms with Crippen LogP contribution in [0.3, 0.4) is 0 Å². The fourth-order valence-corrected chi connectivity index (χ4v) is 5.29. The lowest BCUT2D eigenvalue weighted by molar-refractivity contribution is -0.137. The maximum absolute atomic E-state index is 14.8. The number of carbonyl (C=O) groups excluding carboxylic acids is 2. The average molecular weight is 486 g/mol. The molecule has 4 rings (SSSR count). The first-order chi connectivity index (χ1) is 16.3. The van der Waals surface area contributed by atoms with Gasteiger partial charge in [0, 0.05) is 42.9 Å². The molecule has 1 aromatic heterocycles. The topological polar surface area (TPSA) is 92.5 Å². The van der Waals surface area contributed by atoms with Gasteiger partial charge in [0.2, 0.25) is 0 Å². The number of carboxylic acids is 1. The van der Waals surface area contributed by atoms with Gasteiger partial charge in [0.25, 0.3) is 0 Å². The summed E-state index contributed by atoms with van der Waals surface area (Å²) in [4.78, 5) is 38.0. The summed E-state index contributed by atoms with van der Waals surface area (Å²) in [5, 5.41) is 13.3. The molecule has 2 atom stereocenters. The number of hydrogen-bond acceptors (Lipinski definition) is 6. The van der Waals surface area contributed by atoms with Crippen LogP contribution in [0.15, 0.2) is 42.1 Å². The Balaban J connectivity index is 1.62. The molecule has 1 aromatic carbocycles. The second-order valence-electron chi connectivity index (χ2n) is 8.82. The number of benzene rings is 1. The van der Waals surface area contributed by atoms with Crippen molar-refractivity contribution in [3.05, 3.63) is 59.2 Å². The predicted octanol–water partition coefficient (Wildman–Crippen LogP) is 3.95. The van der Waals surface area contributed by atoms with Crippen molar-refractivity contribution in [3.8, 4) is 0 Å². The first-order valence-electron chi connectivity index (χ1n) is 11.5. The van der Waals surface area contributed by atoms with Crippen LogP contribution in [0.4, 0.5) is 4.39 Å². The Labute approximate surface area is 202 Å². The van der Waals surface area contributed by atoms with Gasteiger partial charge in [0.1, 0.15) is 5.82 Å². The third kappa shape index (κ3) is 6.01. The number of carboxylic acid groups (broad SMARTS) is 1. The minimum atomic E-state index is -0.893. The highest BCUT2D eigenvalue weighted by Crippen LogP contribution is 2.40. The number of thioether (sulfide) groups is 1. The van der Waals surface area contributed by atoms with Crippen LogP contribution in [-0.4, -0.2) is 55.0 Å². The number of Topliss-reactive ketones (excluding diaryl/α,β-unsaturated/α-hetero) is 1. The van der Waals surface area contributed by atoms with Crippen LogP contribution < -0.4 is 0 Å². The Morgan fingerprint density at radius 3 is 2.68 bits per heavy atom. The van der Waals surface area contributed by atoms with Gasteiger partial charge in [-0.3, -0.25) is 24.0 Å². The van der Waals surface area contributed by atoms with Crippen molar-refractivity contribution in [1.29, 1.82) is 0 Å². The highest BCUT2D eigenvalue weighted by molar-refractivity contribution is 8.14. The number of nitrogens with zero attached hydrogens (tertiary/aromatic N) is 3. The van der Waals surface area contributed by atoms with Crippen molar-refractivity contribution in [2.75, 3.05) is 13.1 Å². The largest absolute Gasteiger partial charge is 0.481 e. The van der Waals surface area contributed by atoms with Crippen LogP contribution in [0, 0.1) is 11.7 Å². The summed E-state index contributed by atoms with van der Waals surface area (Å²) in [5.41, 5.74) is 2.00. The van der Waals surface area contributed by atoms with Gasteiger partial charge in [-0.15, -0.1) is 0 Å². The number of aromatic nitrogens is 2. The van der Waals surface area contributed by atoms with Gasteiger partial charge in [-0.05, 0) is 43.0 Å². The predicted molar refractivity (Wildman–Crippen MR) is 128 cm³/mol. The number of likely N-dealkylation sites (tertiary alicyclic amines) is 1. The molecule has 2 unspecified atom stereocenters. The van der Waals surface area contributed by atoms with Gasteiger partial charge < -0.3 is 5.11 Å². The number of aryl methyl sites for hydroxylation is 1. The second-order valence-corrected chi connectivity index (χ2v) is 10.2. The summed E-state index contributed by atoms with van der Waals surface area (Å²) < 4.78 is 16.3. The van der Waals surface area contributed by atoms with Crippen LogP contribution >= 0.6 is 11.8 Å². The van der Waals surface area contributed by atoms with Gasteiger partial charge in [-0.2, -0.15) is 5.10 Å². The minimum absolute atomic E-state index is 0.0102. The van der Waals surface area contributed by atoms with Gasteiger partial charge in [0.15, 0.2) is 10.9 Å². The lowest BCUT2D eigenvalue weighted by Gasteiger charge is -2.38. The molecule has 2 aliphatic rings. The Bertz CT molecular complexity index is 1110. The van der Waals surface area contributed by atoms with E-state index in [1.807, 2.05) is 11.0 Å². The van der Waals surface area contributed by atoms with Crippen LogP contribution in [0.1, 0.15) is 49.9 Å². The van der Waals surface area contributed by atoms with Crippen molar-refractivity contribution in [2.45, 2.75) is 50.4 Å². The lowest BCUT2D eigenvalue weighted by atomic mass is 9.93. The van der Waals surface area contributed by atoms with E-state index in [-0.39, 0.29) is 40.8 Å². The zero-order valence-corrected chi connectivity index (χ0v) is 19.8. The average Bonchev–Trinajstić information content (AvgIpc) is 3.55. The van der Waals surface area contributed by atoms with Gasteiger partial charge >= 0.3 is 5.97 Å². The molecule has 1 aliphatic heterocycles. The van der Waals surface area contributed by atoms with E-state index in [4.69, 9.17) is 5.11 Å². The smallest absolute Gasteiger partial charge is 0.305 e. The number of piperidine rings is 1. The number of rotatable bonds is 9. The molecule has 1 saturated heterocycles. The molecule has 0 bridgehead atoms. The second kappa shape index (κ2) is 10.7. The molecule has 180 valence electrons. The van der Waals surface area contributed by atoms with Crippen LogP contribution in [0.5, 0.6) is 0 Å². The Kier molecular flexibility index (Phi) is 7.63. The Morgan fingerprint density at radius 2 is 2.00 bits per heavy atom. The van der Waals surface area contributed by atoms with Crippen molar-refractivity contribution >= 4 is 34.7 Å². The van der Waals surface area contributed by atoms with Gasteiger partial charge in [0.05, 0.1) is 24.7 Å². The SMILES string of the molecule is CC(=O)SC1CCN(C(C(=O)C2CC2)c2ccccc2F)C/C1=C\c1ccn(CCC(=O)O)n1. The van der Waals surface area contributed by atoms with Crippen molar-refractivity contribution in [2.24, 2.45) is 5.92 Å². The first kappa shape index (κ1) is 24.3.